The van der Waals surface area contributed by atoms with Gasteiger partial charge in [-0.2, -0.15) is 0 Å². The number of para-hydroxylation sites is 1. The lowest BCUT2D eigenvalue weighted by Gasteiger charge is -2.19. The molecule has 0 fully saturated rings. The van der Waals surface area contributed by atoms with Crippen molar-refractivity contribution in [1.82, 2.24) is 9.88 Å². The van der Waals surface area contributed by atoms with Gasteiger partial charge < -0.3 is 10.2 Å². The molecule has 3 rings (SSSR count). The number of pyridine rings is 1. The quantitative estimate of drug-likeness (QED) is 0.545. The van der Waals surface area contributed by atoms with Gasteiger partial charge in [0.15, 0.2) is 0 Å². The van der Waals surface area contributed by atoms with Gasteiger partial charge in [-0.1, -0.05) is 63.2 Å². The topological polar surface area (TPSA) is 28.2 Å². The summed E-state index contributed by atoms with van der Waals surface area (Å²) < 4.78 is 0. The molecule has 0 aliphatic rings. The first-order chi connectivity index (χ1) is 12.7. The van der Waals surface area contributed by atoms with Crippen molar-refractivity contribution < 1.29 is 0 Å². The number of benzene rings is 2. The number of aryl methyl sites for hydroxylation is 1. The number of rotatable bonds is 8. The van der Waals surface area contributed by atoms with Crippen molar-refractivity contribution in [3.8, 4) is 11.3 Å². The van der Waals surface area contributed by atoms with Crippen molar-refractivity contribution in [2.75, 3.05) is 31.5 Å². The van der Waals surface area contributed by atoms with Gasteiger partial charge in [-0.3, -0.25) is 0 Å². The lowest BCUT2D eigenvalue weighted by molar-refractivity contribution is 0.316. The van der Waals surface area contributed by atoms with E-state index in [1.807, 2.05) is 0 Å². The molecule has 0 saturated carbocycles. The maximum absolute atomic E-state index is 4.89. The summed E-state index contributed by atoms with van der Waals surface area (Å²) in [5.74, 6) is 0. The van der Waals surface area contributed by atoms with E-state index in [1.54, 1.807) is 0 Å². The van der Waals surface area contributed by atoms with Crippen molar-refractivity contribution in [2.24, 2.45) is 0 Å². The van der Waals surface area contributed by atoms with E-state index in [-0.39, 0.29) is 12.4 Å². The van der Waals surface area contributed by atoms with E-state index in [1.165, 1.54) is 16.5 Å². The Kier molecular flexibility index (Phi) is 8.08. The lowest BCUT2D eigenvalue weighted by atomic mass is 10.0. The van der Waals surface area contributed by atoms with Crippen molar-refractivity contribution in [3.63, 3.8) is 0 Å². The van der Waals surface area contributed by atoms with Crippen molar-refractivity contribution >= 4 is 29.0 Å². The highest BCUT2D eigenvalue weighted by molar-refractivity contribution is 5.93. The molecule has 0 aliphatic heterocycles. The van der Waals surface area contributed by atoms with Gasteiger partial charge in [0.25, 0.3) is 0 Å². The molecule has 144 valence electrons. The number of fused-ring (bicyclic) bond motifs is 1. The van der Waals surface area contributed by atoms with Crippen molar-refractivity contribution in [3.05, 3.63) is 60.2 Å². The minimum absolute atomic E-state index is 0. The lowest BCUT2D eigenvalue weighted by Crippen LogP contribution is -2.28. The molecule has 0 amide bonds. The van der Waals surface area contributed by atoms with Crippen molar-refractivity contribution in [2.45, 2.75) is 27.2 Å². The average Bonchev–Trinajstić information content (AvgIpc) is 2.71. The molecule has 3 nitrogen and oxygen atoms in total. The maximum atomic E-state index is 4.89. The Hall–Kier alpha value is -2.10. The van der Waals surface area contributed by atoms with E-state index in [9.17, 15) is 0 Å². The van der Waals surface area contributed by atoms with E-state index in [0.29, 0.717) is 0 Å². The Morgan fingerprint density at radius 1 is 0.926 bits per heavy atom. The highest BCUT2D eigenvalue weighted by Gasteiger charge is 2.08. The van der Waals surface area contributed by atoms with Gasteiger partial charge in [0.1, 0.15) is 0 Å². The molecular formula is C23H30ClN3. The Morgan fingerprint density at radius 3 is 2.30 bits per heavy atom. The summed E-state index contributed by atoms with van der Waals surface area (Å²) in [6, 6.07) is 19.3. The number of anilines is 1. The molecule has 1 N–H and O–H groups in total. The fourth-order valence-corrected chi connectivity index (χ4v) is 3.27. The Balaban J connectivity index is 0.00000261. The molecule has 0 atom stereocenters. The number of aromatic nitrogens is 1. The average molecular weight is 384 g/mol. The highest BCUT2D eigenvalue weighted by atomic mass is 35.5. The second-order valence-corrected chi connectivity index (χ2v) is 6.58. The van der Waals surface area contributed by atoms with Crippen LogP contribution in [0.25, 0.3) is 22.2 Å². The zero-order chi connectivity index (χ0) is 18.4. The Morgan fingerprint density at radius 2 is 1.63 bits per heavy atom. The third kappa shape index (κ3) is 5.21. The van der Waals surface area contributed by atoms with E-state index in [2.05, 4.69) is 85.6 Å². The Bertz CT molecular complexity index is 842. The van der Waals surface area contributed by atoms with Crippen molar-refractivity contribution in [1.29, 1.82) is 0 Å². The molecule has 0 spiro atoms. The van der Waals surface area contributed by atoms with Crippen LogP contribution in [0.3, 0.4) is 0 Å². The summed E-state index contributed by atoms with van der Waals surface area (Å²) in [5, 5.41) is 4.82. The molecule has 3 aromatic rings. The zero-order valence-corrected chi connectivity index (χ0v) is 17.4. The van der Waals surface area contributed by atoms with Crippen LogP contribution in [0.15, 0.2) is 54.6 Å². The van der Waals surface area contributed by atoms with Crippen LogP contribution in [0.2, 0.25) is 0 Å². The first kappa shape index (κ1) is 21.2. The molecule has 0 aliphatic carbocycles. The van der Waals surface area contributed by atoms with Crippen LogP contribution in [-0.2, 0) is 6.42 Å². The second-order valence-electron chi connectivity index (χ2n) is 6.58. The number of nitrogens with zero attached hydrogens (tertiary/aromatic N) is 2. The number of hydrogen-bond acceptors (Lipinski definition) is 3. The first-order valence-electron chi connectivity index (χ1n) is 9.70. The monoisotopic (exact) mass is 383 g/mol. The predicted octanol–water partition coefficient (Wildman–Crippen LogP) is 5.64. The minimum atomic E-state index is 0. The molecule has 2 aromatic carbocycles. The molecule has 27 heavy (non-hydrogen) atoms. The SMILES string of the molecule is CCc1ccc(-c2cc(NCCN(CC)CC)c3ccccc3n2)cc1.Cl. The van der Waals surface area contributed by atoms with Crippen LogP contribution >= 0.6 is 12.4 Å². The highest BCUT2D eigenvalue weighted by Crippen LogP contribution is 2.28. The molecule has 0 radical (unpaired) electrons. The molecule has 0 bridgehead atoms. The van der Waals surface area contributed by atoms with Crippen LogP contribution in [-0.4, -0.2) is 36.1 Å². The number of halogens is 1. The van der Waals surface area contributed by atoms with Crippen LogP contribution in [0.4, 0.5) is 5.69 Å². The summed E-state index contributed by atoms with van der Waals surface area (Å²) in [7, 11) is 0. The summed E-state index contributed by atoms with van der Waals surface area (Å²) in [6.07, 6.45) is 1.06. The zero-order valence-electron chi connectivity index (χ0n) is 16.5. The molecule has 0 saturated heterocycles. The molecule has 0 unspecified atom stereocenters. The largest absolute Gasteiger partial charge is 0.383 e. The van der Waals surface area contributed by atoms with E-state index < -0.39 is 0 Å². The van der Waals surface area contributed by atoms with Crippen LogP contribution in [0.1, 0.15) is 26.3 Å². The normalized spacial score (nSPS) is 10.8. The van der Waals surface area contributed by atoms with Crippen LogP contribution in [0.5, 0.6) is 0 Å². The first-order valence-corrected chi connectivity index (χ1v) is 9.70. The maximum Gasteiger partial charge on any atom is 0.0730 e. The summed E-state index contributed by atoms with van der Waals surface area (Å²) in [6.45, 7) is 10.8. The van der Waals surface area contributed by atoms with Gasteiger partial charge in [0, 0.05) is 29.7 Å². The van der Waals surface area contributed by atoms with Gasteiger partial charge in [0.2, 0.25) is 0 Å². The second kappa shape index (κ2) is 10.3. The fourth-order valence-electron chi connectivity index (χ4n) is 3.27. The number of likely N-dealkylation sites (N-methyl/N-ethyl adjacent to an activating group) is 1. The van der Waals surface area contributed by atoms with E-state index in [0.717, 1.165) is 49.5 Å². The van der Waals surface area contributed by atoms with Gasteiger partial charge in [-0.25, -0.2) is 4.98 Å². The van der Waals surface area contributed by atoms with Crippen LogP contribution in [0, 0.1) is 0 Å². The fraction of sp³-hybridized carbons (Fsp3) is 0.348. The smallest absolute Gasteiger partial charge is 0.0730 e. The standard InChI is InChI=1S/C23H29N3.ClH/c1-4-18-11-13-19(14-12-18)22-17-23(24-15-16-26(5-2)6-3)20-9-7-8-10-21(20)25-22;/h7-14,17H,4-6,15-16H2,1-3H3,(H,24,25);1H. The molecule has 1 aromatic heterocycles. The number of nitrogens with one attached hydrogen (secondary N) is 1. The number of hydrogen-bond donors (Lipinski definition) is 1. The summed E-state index contributed by atoms with van der Waals surface area (Å²) >= 11 is 0. The predicted molar refractivity (Wildman–Crippen MR) is 120 cm³/mol. The summed E-state index contributed by atoms with van der Waals surface area (Å²) in [5.41, 5.74) is 5.75. The third-order valence-corrected chi connectivity index (χ3v) is 5.01. The van der Waals surface area contributed by atoms with Crippen LogP contribution < -0.4 is 5.32 Å². The van der Waals surface area contributed by atoms with Gasteiger partial charge >= 0.3 is 0 Å². The molecular weight excluding hydrogens is 354 g/mol. The molecule has 1 heterocycles. The Labute approximate surface area is 169 Å². The third-order valence-electron chi connectivity index (χ3n) is 5.01. The van der Waals surface area contributed by atoms with Gasteiger partial charge in [-0.15, -0.1) is 12.4 Å². The van der Waals surface area contributed by atoms with E-state index >= 15 is 0 Å². The van der Waals surface area contributed by atoms with Gasteiger partial charge in [-0.05, 0) is 37.2 Å². The van der Waals surface area contributed by atoms with Gasteiger partial charge in [0.05, 0.1) is 11.2 Å². The minimum Gasteiger partial charge on any atom is -0.383 e. The molecule has 4 heteroatoms. The van der Waals surface area contributed by atoms with E-state index in [4.69, 9.17) is 4.98 Å². The summed E-state index contributed by atoms with van der Waals surface area (Å²) in [4.78, 5) is 7.32.